The maximum atomic E-state index is 11.2. The number of esters is 1. The zero-order valence-corrected chi connectivity index (χ0v) is 20.6. The van der Waals surface area contributed by atoms with E-state index in [2.05, 4.69) is 51.8 Å². The third kappa shape index (κ3) is 19.2. The van der Waals surface area contributed by atoms with Gasteiger partial charge < -0.3 is 4.74 Å². The Morgan fingerprint density at radius 3 is 1.71 bits per heavy atom. The lowest BCUT2D eigenvalue weighted by Gasteiger charge is -2.05. The van der Waals surface area contributed by atoms with Crippen molar-refractivity contribution >= 4 is 60.7 Å². The summed E-state index contributed by atoms with van der Waals surface area (Å²) in [5.41, 5.74) is 0.491. The number of hydrogen-bond donors (Lipinski definition) is 0. The third-order valence-corrected chi connectivity index (χ3v) is 7.54. The Balaban J connectivity index is 3.08. The quantitative estimate of drug-likeness (QED) is 0.0463. The molecule has 0 spiro atoms. The smallest absolute Gasteiger partial charge is 0.333 e. The van der Waals surface area contributed by atoms with Crippen LogP contribution < -0.4 is 0 Å². The van der Waals surface area contributed by atoms with Crippen molar-refractivity contribution in [3.63, 3.8) is 0 Å². The molecular formula is C19H34I2O2Si. The van der Waals surface area contributed by atoms with Crippen LogP contribution in [0.3, 0.4) is 0 Å². The van der Waals surface area contributed by atoms with Gasteiger partial charge >= 0.3 is 5.97 Å². The average molecular weight is 576 g/mol. The minimum atomic E-state index is -0.255. The van der Waals surface area contributed by atoms with Crippen LogP contribution in [-0.2, 0) is 9.53 Å². The zero-order valence-electron chi connectivity index (χ0n) is 15.3. The average Bonchev–Trinajstić information content (AvgIpc) is 2.53. The molecule has 0 saturated heterocycles. The summed E-state index contributed by atoms with van der Waals surface area (Å²) in [7, 11) is 1.14. The molecule has 0 bridgehead atoms. The van der Waals surface area contributed by atoms with E-state index in [1.165, 1.54) is 76.7 Å². The number of unbranched alkanes of at least 4 members (excludes halogenated alkanes) is 11. The Morgan fingerprint density at radius 2 is 1.29 bits per heavy atom. The monoisotopic (exact) mass is 576 g/mol. The Labute approximate surface area is 179 Å². The van der Waals surface area contributed by atoms with Crippen LogP contribution in [0.2, 0.25) is 6.04 Å². The van der Waals surface area contributed by atoms with E-state index in [0.29, 0.717) is 12.2 Å². The van der Waals surface area contributed by atoms with Crippen molar-refractivity contribution in [2.75, 3.05) is 6.61 Å². The standard InChI is InChI=1S/C19H34I2O2Si/c1-17(2)18(22)23-15-13-11-9-7-5-3-4-6-8-10-12-14-16-24-19(20)21/h19H,1,3-16H2,2H3. The van der Waals surface area contributed by atoms with Crippen LogP contribution in [0.15, 0.2) is 12.2 Å². The molecule has 0 fully saturated rings. The predicted molar refractivity (Wildman–Crippen MR) is 124 cm³/mol. The van der Waals surface area contributed by atoms with Crippen LogP contribution in [0, 0.1) is 0 Å². The molecular weight excluding hydrogens is 542 g/mol. The summed E-state index contributed by atoms with van der Waals surface area (Å²) in [6.45, 7) is 5.81. The molecule has 140 valence electrons. The fourth-order valence-electron chi connectivity index (χ4n) is 2.49. The first-order valence-corrected chi connectivity index (χ1v) is 13.2. The Bertz CT molecular complexity index is 322. The molecule has 0 aromatic rings. The van der Waals surface area contributed by atoms with Gasteiger partial charge in [0, 0.05) is 5.57 Å². The highest BCUT2D eigenvalue weighted by Crippen LogP contribution is 2.14. The number of hydrogen-bond acceptors (Lipinski definition) is 2. The lowest BCUT2D eigenvalue weighted by atomic mass is 10.1. The first kappa shape index (κ1) is 24.9. The van der Waals surface area contributed by atoms with Crippen LogP contribution in [0.25, 0.3) is 0 Å². The van der Waals surface area contributed by atoms with Crippen molar-refractivity contribution in [1.29, 1.82) is 0 Å². The maximum absolute atomic E-state index is 11.2. The van der Waals surface area contributed by atoms with Crippen LogP contribution in [-0.4, -0.2) is 23.7 Å². The normalized spacial score (nSPS) is 11.0. The maximum Gasteiger partial charge on any atom is 0.333 e. The molecule has 0 rings (SSSR count). The van der Waals surface area contributed by atoms with Crippen molar-refractivity contribution in [2.24, 2.45) is 0 Å². The summed E-state index contributed by atoms with van der Waals surface area (Å²) in [6, 6.07) is 1.43. The molecule has 0 atom stereocenters. The summed E-state index contributed by atoms with van der Waals surface area (Å²) < 4.78 is 5.92. The molecule has 0 aromatic carbocycles. The molecule has 0 heterocycles. The summed E-state index contributed by atoms with van der Waals surface area (Å²) in [4.78, 5) is 11.2. The number of carbonyl (C=O) groups excluding carboxylic acids is 1. The number of rotatable bonds is 17. The fraction of sp³-hybridized carbons (Fsp3) is 0.842. The van der Waals surface area contributed by atoms with Gasteiger partial charge in [-0.05, 0) is 13.3 Å². The molecule has 0 amide bonds. The largest absolute Gasteiger partial charge is 0.462 e. The molecule has 0 aromatic heterocycles. The van der Waals surface area contributed by atoms with E-state index in [1.807, 2.05) is 0 Å². The molecule has 0 N–H and O–H groups in total. The van der Waals surface area contributed by atoms with Gasteiger partial charge in [0.25, 0.3) is 0 Å². The van der Waals surface area contributed by atoms with Gasteiger partial charge in [0.05, 0.1) is 17.7 Å². The van der Waals surface area contributed by atoms with Crippen molar-refractivity contribution in [1.82, 2.24) is 0 Å². The highest BCUT2D eigenvalue weighted by Gasteiger charge is 2.02. The second-order valence-corrected chi connectivity index (χ2v) is 15.1. The number of alkyl halides is 2. The third-order valence-electron chi connectivity index (χ3n) is 3.95. The van der Waals surface area contributed by atoms with E-state index in [-0.39, 0.29) is 5.97 Å². The molecule has 5 heteroatoms. The van der Waals surface area contributed by atoms with Crippen molar-refractivity contribution in [3.05, 3.63) is 12.2 Å². The Kier molecular flexibility index (Phi) is 19.4. The first-order chi connectivity index (χ1) is 11.5. The summed E-state index contributed by atoms with van der Waals surface area (Å²) in [6.07, 6.45) is 16.0. The summed E-state index contributed by atoms with van der Waals surface area (Å²) in [5.74, 6) is -0.255. The molecule has 0 aliphatic rings. The number of halogens is 2. The topological polar surface area (TPSA) is 26.3 Å². The van der Waals surface area contributed by atoms with Crippen LogP contribution in [0.5, 0.6) is 0 Å². The minimum Gasteiger partial charge on any atom is -0.462 e. The SMILES string of the molecule is C=C(C)C(=O)OCCCCCCCCCCCCCC[Si]C(I)I. The highest BCUT2D eigenvalue weighted by atomic mass is 127. The molecule has 0 unspecified atom stereocenters. The van der Waals surface area contributed by atoms with E-state index < -0.39 is 0 Å². The predicted octanol–water partition coefficient (Wildman–Crippen LogP) is 7.06. The lowest BCUT2D eigenvalue weighted by molar-refractivity contribution is -0.139. The van der Waals surface area contributed by atoms with Crippen molar-refractivity contribution in [2.45, 2.75) is 91.6 Å². The van der Waals surface area contributed by atoms with Gasteiger partial charge in [-0.3, -0.25) is 0 Å². The second-order valence-electron chi connectivity index (χ2n) is 6.41. The molecule has 2 radical (unpaired) electrons. The van der Waals surface area contributed by atoms with Gasteiger partial charge in [-0.25, -0.2) is 4.79 Å². The molecule has 0 aliphatic heterocycles. The molecule has 24 heavy (non-hydrogen) atoms. The van der Waals surface area contributed by atoms with Crippen molar-refractivity contribution < 1.29 is 9.53 Å². The van der Waals surface area contributed by atoms with E-state index in [1.54, 1.807) is 6.92 Å². The van der Waals surface area contributed by atoms with Crippen LogP contribution in [0.4, 0.5) is 0 Å². The minimum absolute atomic E-state index is 0.255. The molecule has 0 saturated carbocycles. The van der Waals surface area contributed by atoms with Gasteiger partial charge in [0.1, 0.15) is 0 Å². The molecule has 0 aliphatic carbocycles. The van der Waals surface area contributed by atoms with E-state index in [9.17, 15) is 4.79 Å². The zero-order chi connectivity index (χ0) is 18.0. The Morgan fingerprint density at radius 1 is 0.875 bits per heavy atom. The van der Waals surface area contributed by atoms with Gasteiger partial charge in [0.2, 0.25) is 0 Å². The summed E-state index contributed by atoms with van der Waals surface area (Å²) in [5, 5.41) is 0. The van der Waals surface area contributed by atoms with E-state index in [4.69, 9.17) is 4.74 Å². The Hall–Kier alpha value is 0.887. The lowest BCUT2D eigenvalue weighted by Crippen LogP contribution is -2.05. The number of ether oxygens (including phenoxy) is 1. The van der Waals surface area contributed by atoms with Crippen molar-refractivity contribution in [3.8, 4) is 0 Å². The van der Waals surface area contributed by atoms with Gasteiger partial charge in [-0.15, -0.1) is 0 Å². The van der Waals surface area contributed by atoms with E-state index in [0.717, 1.165) is 17.5 Å². The molecule has 2 nitrogen and oxygen atoms in total. The van der Waals surface area contributed by atoms with E-state index >= 15 is 0 Å². The van der Waals surface area contributed by atoms with Gasteiger partial charge in [-0.1, -0.05) is 128 Å². The van der Waals surface area contributed by atoms with Gasteiger partial charge in [0.15, 0.2) is 0 Å². The van der Waals surface area contributed by atoms with Crippen LogP contribution in [0.1, 0.15) is 84.0 Å². The first-order valence-electron chi connectivity index (χ1n) is 9.38. The van der Waals surface area contributed by atoms with Crippen LogP contribution >= 0.6 is 45.2 Å². The summed E-state index contributed by atoms with van der Waals surface area (Å²) >= 11 is 5.05. The second kappa shape index (κ2) is 18.7. The van der Waals surface area contributed by atoms with Gasteiger partial charge in [-0.2, -0.15) is 0 Å². The fourth-order valence-corrected chi connectivity index (χ4v) is 5.03. The highest BCUT2D eigenvalue weighted by molar-refractivity contribution is 14.2. The number of carbonyl (C=O) groups is 1.